The molecule has 3 nitrogen and oxygen atoms in total. The Morgan fingerprint density at radius 1 is 1.00 bits per heavy atom. The van der Waals surface area contributed by atoms with Gasteiger partial charge in [0.15, 0.2) is 0 Å². The average Bonchev–Trinajstić information content (AvgIpc) is 2.85. The van der Waals surface area contributed by atoms with E-state index in [0.29, 0.717) is 37.3 Å². The molecule has 2 aromatic carbocycles. The normalized spacial score (nSPS) is 18.6. The molecular formula is C23H28N2O. The number of carbonyl (C=O) groups is 1. The molecule has 0 bridgehead atoms. The van der Waals surface area contributed by atoms with Gasteiger partial charge in [0.05, 0.1) is 0 Å². The van der Waals surface area contributed by atoms with Crippen LogP contribution in [-0.4, -0.2) is 23.9 Å². The largest absolute Gasteiger partial charge is 0.334 e. The van der Waals surface area contributed by atoms with E-state index in [-0.39, 0.29) is 0 Å². The number of amides is 1. The summed E-state index contributed by atoms with van der Waals surface area (Å²) < 4.78 is 0. The van der Waals surface area contributed by atoms with Crippen LogP contribution in [-0.2, 0) is 17.9 Å². The summed E-state index contributed by atoms with van der Waals surface area (Å²) in [6, 6.07) is 17.0. The zero-order valence-corrected chi connectivity index (χ0v) is 15.6. The lowest BCUT2D eigenvalue weighted by molar-refractivity contribution is -0.133. The Hall–Kier alpha value is -2.13. The van der Waals surface area contributed by atoms with Gasteiger partial charge in [-0.3, -0.25) is 4.79 Å². The van der Waals surface area contributed by atoms with Gasteiger partial charge >= 0.3 is 0 Å². The van der Waals surface area contributed by atoms with E-state index in [9.17, 15) is 4.79 Å². The highest BCUT2D eigenvalue weighted by Gasteiger charge is 2.26. The van der Waals surface area contributed by atoms with Crippen molar-refractivity contribution in [2.45, 2.75) is 39.3 Å². The maximum Gasteiger partial charge on any atom is 0.223 e. The Bertz CT molecular complexity index is 732. The summed E-state index contributed by atoms with van der Waals surface area (Å²) in [5.74, 6) is 1.42. The molecule has 0 radical (unpaired) electrons. The number of benzene rings is 2. The van der Waals surface area contributed by atoms with Crippen molar-refractivity contribution < 1.29 is 4.79 Å². The summed E-state index contributed by atoms with van der Waals surface area (Å²) in [5.41, 5.74) is 5.04. The standard InChI is InChI=1S/C23H28N2O/c1-17(18-10-12-24-13-11-18)14-23(26)25-15-19-6-2-4-8-21(19)22-9-5-3-7-20(22)16-25/h2-9,17-18,24H,10-16H2,1H3. The van der Waals surface area contributed by atoms with Gasteiger partial charge in [-0.1, -0.05) is 55.5 Å². The van der Waals surface area contributed by atoms with Crippen molar-refractivity contribution in [2.24, 2.45) is 11.8 Å². The Balaban J connectivity index is 1.55. The molecule has 2 aromatic rings. The molecule has 0 saturated carbocycles. The van der Waals surface area contributed by atoms with Crippen LogP contribution in [0.4, 0.5) is 0 Å². The van der Waals surface area contributed by atoms with Crippen molar-refractivity contribution in [1.82, 2.24) is 10.2 Å². The molecule has 1 fully saturated rings. The third kappa shape index (κ3) is 3.54. The van der Waals surface area contributed by atoms with E-state index in [4.69, 9.17) is 0 Å². The molecule has 1 unspecified atom stereocenters. The van der Waals surface area contributed by atoms with Crippen molar-refractivity contribution >= 4 is 5.91 Å². The lowest BCUT2D eigenvalue weighted by atomic mass is 9.84. The molecule has 4 rings (SSSR count). The fourth-order valence-electron chi connectivity index (χ4n) is 4.47. The van der Waals surface area contributed by atoms with Gasteiger partial charge in [-0.25, -0.2) is 0 Å². The molecule has 1 N–H and O–H groups in total. The molecular weight excluding hydrogens is 320 g/mol. The summed E-state index contributed by atoms with van der Waals surface area (Å²) in [6.07, 6.45) is 3.05. The van der Waals surface area contributed by atoms with Gasteiger partial charge < -0.3 is 10.2 Å². The number of nitrogens with one attached hydrogen (secondary N) is 1. The third-order valence-corrected chi connectivity index (χ3v) is 6.09. The Labute approximate surface area is 156 Å². The number of carbonyl (C=O) groups excluding carboxylic acids is 1. The first-order valence-electron chi connectivity index (χ1n) is 9.87. The number of rotatable bonds is 3. The molecule has 2 aliphatic rings. The van der Waals surface area contributed by atoms with Crippen LogP contribution >= 0.6 is 0 Å². The van der Waals surface area contributed by atoms with Crippen LogP contribution in [0.25, 0.3) is 11.1 Å². The van der Waals surface area contributed by atoms with Crippen LogP contribution in [0.1, 0.15) is 37.3 Å². The molecule has 2 heterocycles. The predicted octanol–water partition coefficient (Wildman–Crippen LogP) is 4.22. The second kappa shape index (κ2) is 7.63. The van der Waals surface area contributed by atoms with E-state index in [2.05, 4.69) is 65.7 Å². The van der Waals surface area contributed by atoms with Crippen molar-refractivity contribution in [3.05, 3.63) is 59.7 Å². The van der Waals surface area contributed by atoms with Crippen LogP contribution in [0.2, 0.25) is 0 Å². The van der Waals surface area contributed by atoms with Gasteiger partial charge in [-0.15, -0.1) is 0 Å². The summed E-state index contributed by atoms with van der Waals surface area (Å²) in [7, 11) is 0. The highest BCUT2D eigenvalue weighted by molar-refractivity contribution is 5.79. The SMILES string of the molecule is CC(CC(=O)N1Cc2ccccc2-c2ccccc2C1)C1CCNCC1. The molecule has 0 aromatic heterocycles. The molecule has 0 spiro atoms. The van der Waals surface area contributed by atoms with Crippen molar-refractivity contribution in [2.75, 3.05) is 13.1 Å². The first kappa shape index (κ1) is 17.3. The molecule has 2 aliphatic heterocycles. The number of fused-ring (bicyclic) bond motifs is 3. The number of hydrogen-bond acceptors (Lipinski definition) is 2. The van der Waals surface area contributed by atoms with Gasteiger partial charge in [0.1, 0.15) is 0 Å². The van der Waals surface area contributed by atoms with Crippen molar-refractivity contribution in [3.8, 4) is 11.1 Å². The second-order valence-electron chi connectivity index (χ2n) is 7.83. The summed E-state index contributed by atoms with van der Waals surface area (Å²) in [5, 5.41) is 3.42. The molecule has 0 aliphatic carbocycles. The van der Waals surface area contributed by atoms with E-state index in [0.717, 1.165) is 13.1 Å². The van der Waals surface area contributed by atoms with E-state index in [1.807, 2.05) is 0 Å². The summed E-state index contributed by atoms with van der Waals surface area (Å²) >= 11 is 0. The lowest BCUT2D eigenvalue weighted by Crippen LogP contribution is -2.35. The van der Waals surface area contributed by atoms with E-state index < -0.39 is 0 Å². The van der Waals surface area contributed by atoms with E-state index in [1.165, 1.54) is 35.1 Å². The zero-order chi connectivity index (χ0) is 17.9. The molecule has 1 atom stereocenters. The smallest absolute Gasteiger partial charge is 0.223 e. The monoisotopic (exact) mass is 348 g/mol. The van der Waals surface area contributed by atoms with Crippen LogP contribution in [0.3, 0.4) is 0 Å². The summed E-state index contributed by atoms with van der Waals surface area (Å²) in [6.45, 7) is 5.86. The quantitative estimate of drug-likeness (QED) is 0.901. The lowest BCUT2D eigenvalue weighted by Gasteiger charge is -2.30. The predicted molar refractivity (Wildman–Crippen MR) is 106 cm³/mol. The molecule has 3 heteroatoms. The fourth-order valence-corrected chi connectivity index (χ4v) is 4.47. The topological polar surface area (TPSA) is 32.3 Å². The van der Waals surface area contributed by atoms with Crippen molar-refractivity contribution in [3.63, 3.8) is 0 Å². The Morgan fingerprint density at radius 3 is 2.12 bits per heavy atom. The van der Waals surface area contributed by atoms with Crippen molar-refractivity contribution in [1.29, 1.82) is 0 Å². The van der Waals surface area contributed by atoms with Gasteiger partial charge in [-0.2, -0.15) is 0 Å². The maximum atomic E-state index is 13.1. The van der Waals surface area contributed by atoms with E-state index in [1.54, 1.807) is 0 Å². The van der Waals surface area contributed by atoms with Crippen LogP contribution in [0, 0.1) is 11.8 Å². The van der Waals surface area contributed by atoms with Gasteiger partial charge in [0.2, 0.25) is 5.91 Å². The number of nitrogens with zero attached hydrogens (tertiary/aromatic N) is 1. The molecule has 26 heavy (non-hydrogen) atoms. The van der Waals surface area contributed by atoms with Gasteiger partial charge in [0.25, 0.3) is 0 Å². The first-order chi connectivity index (χ1) is 12.7. The molecule has 1 amide bonds. The molecule has 1 saturated heterocycles. The third-order valence-electron chi connectivity index (χ3n) is 6.09. The van der Waals surface area contributed by atoms with Crippen LogP contribution < -0.4 is 5.32 Å². The minimum Gasteiger partial charge on any atom is -0.334 e. The average molecular weight is 348 g/mol. The first-order valence-corrected chi connectivity index (χ1v) is 9.87. The highest BCUT2D eigenvalue weighted by Crippen LogP contribution is 2.33. The Morgan fingerprint density at radius 2 is 1.54 bits per heavy atom. The minimum absolute atomic E-state index is 0.294. The highest BCUT2D eigenvalue weighted by atomic mass is 16.2. The zero-order valence-electron chi connectivity index (χ0n) is 15.6. The second-order valence-corrected chi connectivity index (χ2v) is 7.83. The minimum atomic E-state index is 0.294. The number of piperidine rings is 1. The number of hydrogen-bond donors (Lipinski definition) is 1. The maximum absolute atomic E-state index is 13.1. The molecule has 136 valence electrons. The summed E-state index contributed by atoms with van der Waals surface area (Å²) in [4.78, 5) is 15.2. The van der Waals surface area contributed by atoms with Crippen LogP contribution in [0.15, 0.2) is 48.5 Å². The van der Waals surface area contributed by atoms with Crippen LogP contribution in [0.5, 0.6) is 0 Å². The van der Waals surface area contributed by atoms with Gasteiger partial charge in [-0.05, 0) is 60.0 Å². The Kier molecular flexibility index (Phi) is 5.07. The fraction of sp³-hybridized carbons (Fsp3) is 0.435. The van der Waals surface area contributed by atoms with E-state index >= 15 is 0 Å². The van der Waals surface area contributed by atoms with Gasteiger partial charge in [0, 0.05) is 19.5 Å².